The fourth-order valence-electron chi connectivity index (χ4n) is 5.35. The third-order valence-electron chi connectivity index (χ3n) is 5.93. The van der Waals surface area contributed by atoms with Gasteiger partial charge in [-0.05, 0) is 75.3 Å². The molecule has 4 saturated carbocycles. The maximum Gasteiger partial charge on any atom is 0.321 e. The number of carbonyl (C=O) groups excluding carboxylic acids is 2. The summed E-state index contributed by atoms with van der Waals surface area (Å²) in [7, 11) is 0. The molecule has 4 bridgehead atoms. The maximum absolute atomic E-state index is 12.4. The van der Waals surface area contributed by atoms with Crippen molar-refractivity contribution in [2.45, 2.75) is 61.3 Å². The Bertz CT molecular complexity index is 676. The molecule has 0 aromatic carbocycles. The molecule has 1 heterocycles. The van der Waals surface area contributed by atoms with Crippen molar-refractivity contribution in [2.75, 3.05) is 0 Å². The lowest BCUT2D eigenvalue weighted by atomic mass is 9.53. The first kappa shape index (κ1) is 18.0. The van der Waals surface area contributed by atoms with Gasteiger partial charge in [0.15, 0.2) is 5.15 Å². The predicted octanol–water partition coefficient (Wildman–Crippen LogP) is 3.41. The van der Waals surface area contributed by atoms with Gasteiger partial charge in [0, 0.05) is 5.54 Å². The SMILES string of the molecule is CC(Sc1ccc(Cl)nn1)C(=O)NC(=O)NC12CC3CC(CC(C3)C1)C2. The molecule has 1 aromatic rings. The molecule has 0 spiro atoms. The van der Waals surface area contributed by atoms with Gasteiger partial charge in [-0.25, -0.2) is 4.79 Å². The number of urea groups is 1. The van der Waals surface area contributed by atoms with Crippen molar-refractivity contribution < 1.29 is 9.59 Å². The van der Waals surface area contributed by atoms with E-state index in [1.165, 1.54) is 31.0 Å². The Labute approximate surface area is 162 Å². The Balaban J connectivity index is 1.31. The maximum atomic E-state index is 12.4. The topological polar surface area (TPSA) is 84.0 Å². The van der Waals surface area contributed by atoms with Crippen LogP contribution in [0.3, 0.4) is 0 Å². The van der Waals surface area contributed by atoms with Gasteiger partial charge in [0.2, 0.25) is 5.91 Å². The van der Waals surface area contributed by atoms with Crippen LogP contribution in [0, 0.1) is 17.8 Å². The monoisotopic (exact) mass is 394 g/mol. The largest absolute Gasteiger partial charge is 0.332 e. The van der Waals surface area contributed by atoms with E-state index in [-0.39, 0.29) is 17.5 Å². The summed E-state index contributed by atoms with van der Waals surface area (Å²) in [5.41, 5.74) is -0.100. The smallest absolute Gasteiger partial charge is 0.321 e. The molecule has 5 rings (SSSR count). The number of aromatic nitrogens is 2. The lowest BCUT2D eigenvalue weighted by Gasteiger charge is -2.56. The molecule has 140 valence electrons. The molecular weight excluding hydrogens is 372 g/mol. The van der Waals surface area contributed by atoms with Crippen LogP contribution >= 0.6 is 23.4 Å². The van der Waals surface area contributed by atoms with Gasteiger partial charge in [-0.2, -0.15) is 0 Å². The summed E-state index contributed by atoms with van der Waals surface area (Å²) in [5, 5.41) is 13.8. The van der Waals surface area contributed by atoms with Crippen LogP contribution in [0.25, 0.3) is 0 Å². The summed E-state index contributed by atoms with van der Waals surface area (Å²) >= 11 is 6.96. The van der Waals surface area contributed by atoms with Gasteiger partial charge >= 0.3 is 6.03 Å². The normalized spacial score (nSPS) is 32.9. The van der Waals surface area contributed by atoms with Crippen molar-refractivity contribution in [1.29, 1.82) is 0 Å². The molecule has 2 N–H and O–H groups in total. The van der Waals surface area contributed by atoms with E-state index < -0.39 is 5.25 Å². The zero-order valence-electron chi connectivity index (χ0n) is 14.7. The van der Waals surface area contributed by atoms with E-state index in [2.05, 4.69) is 20.8 Å². The van der Waals surface area contributed by atoms with Crippen molar-refractivity contribution in [3.8, 4) is 0 Å². The third-order valence-corrected chi connectivity index (χ3v) is 7.16. The van der Waals surface area contributed by atoms with Crippen LogP contribution in [-0.2, 0) is 4.79 Å². The van der Waals surface area contributed by atoms with E-state index in [1.54, 1.807) is 19.1 Å². The molecule has 3 amide bonds. The molecule has 4 aliphatic rings. The lowest BCUT2D eigenvalue weighted by molar-refractivity contribution is -0.119. The summed E-state index contributed by atoms with van der Waals surface area (Å²) in [6.07, 6.45) is 7.13. The van der Waals surface area contributed by atoms with Crippen molar-refractivity contribution in [1.82, 2.24) is 20.8 Å². The Hall–Kier alpha value is -1.34. The molecule has 0 radical (unpaired) electrons. The molecule has 0 aliphatic heterocycles. The van der Waals surface area contributed by atoms with Crippen LogP contribution < -0.4 is 10.6 Å². The number of thioether (sulfide) groups is 1. The number of rotatable bonds is 4. The molecule has 26 heavy (non-hydrogen) atoms. The molecule has 6 nitrogen and oxygen atoms in total. The Morgan fingerprint density at radius 3 is 2.31 bits per heavy atom. The van der Waals surface area contributed by atoms with E-state index in [9.17, 15) is 9.59 Å². The minimum Gasteiger partial charge on any atom is -0.332 e. The van der Waals surface area contributed by atoms with Crippen LogP contribution in [0.15, 0.2) is 17.2 Å². The predicted molar refractivity (Wildman–Crippen MR) is 99.9 cm³/mol. The molecule has 8 heteroatoms. The van der Waals surface area contributed by atoms with E-state index in [0.717, 1.165) is 37.0 Å². The molecule has 1 atom stereocenters. The van der Waals surface area contributed by atoms with Gasteiger partial charge in [-0.3, -0.25) is 10.1 Å². The van der Waals surface area contributed by atoms with Gasteiger partial charge in [0.25, 0.3) is 0 Å². The number of nitrogens with one attached hydrogen (secondary N) is 2. The van der Waals surface area contributed by atoms with Crippen LogP contribution in [0.1, 0.15) is 45.4 Å². The van der Waals surface area contributed by atoms with Crippen molar-refractivity contribution in [3.05, 3.63) is 17.3 Å². The highest BCUT2D eigenvalue weighted by molar-refractivity contribution is 8.00. The Morgan fingerprint density at radius 2 is 1.77 bits per heavy atom. The second kappa shape index (κ2) is 7.00. The lowest BCUT2D eigenvalue weighted by Crippen LogP contribution is -2.62. The second-order valence-electron chi connectivity index (χ2n) is 8.10. The first-order chi connectivity index (χ1) is 12.4. The van der Waals surface area contributed by atoms with E-state index >= 15 is 0 Å². The zero-order valence-corrected chi connectivity index (χ0v) is 16.3. The molecule has 4 aliphatic carbocycles. The van der Waals surface area contributed by atoms with E-state index in [4.69, 9.17) is 11.6 Å². The van der Waals surface area contributed by atoms with Gasteiger partial charge < -0.3 is 5.32 Å². The minimum absolute atomic E-state index is 0.100. The van der Waals surface area contributed by atoms with Gasteiger partial charge in [-0.15, -0.1) is 10.2 Å². The average Bonchev–Trinajstić information content (AvgIpc) is 2.55. The third kappa shape index (κ3) is 3.83. The molecule has 1 unspecified atom stereocenters. The quantitative estimate of drug-likeness (QED) is 0.764. The number of imide groups is 1. The summed E-state index contributed by atoms with van der Waals surface area (Å²) in [5.74, 6) is 1.91. The van der Waals surface area contributed by atoms with E-state index in [1.807, 2.05) is 0 Å². The molecule has 4 fully saturated rings. The van der Waals surface area contributed by atoms with Crippen LogP contribution in [0.4, 0.5) is 4.79 Å². The van der Waals surface area contributed by atoms with Crippen LogP contribution in [0.2, 0.25) is 5.15 Å². The number of amides is 3. The van der Waals surface area contributed by atoms with Gasteiger partial charge in [0.1, 0.15) is 5.03 Å². The molecule has 1 aromatic heterocycles. The summed E-state index contributed by atoms with van der Waals surface area (Å²) in [6.45, 7) is 1.74. The van der Waals surface area contributed by atoms with Crippen LogP contribution in [-0.4, -0.2) is 32.9 Å². The number of halogens is 1. The minimum atomic E-state index is -0.451. The first-order valence-corrected chi connectivity index (χ1v) is 10.5. The Morgan fingerprint density at radius 1 is 1.15 bits per heavy atom. The molecule has 0 saturated heterocycles. The number of hydrogen-bond acceptors (Lipinski definition) is 5. The number of nitrogens with zero attached hydrogens (tertiary/aromatic N) is 2. The standard InChI is InChI=1S/C18H23ClN4O2S/c1-10(26-15-3-2-14(19)22-23-15)16(24)20-17(25)21-18-7-11-4-12(8-18)6-13(5-11)9-18/h2-3,10-13H,4-9H2,1H3,(H2,20,21,24,25). The summed E-state index contributed by atoms with van der Waals surface area (Å²) < 4.78 is 0. The summed E-state index contributed by atoms with van der Waals surface area (Å²) in [4.78, 5) is 24.8. The average molecular weight is 395 g/mol. The number of carbonyl (C=O) groups is 2. The molecular formula is C18H23ClN4O2S. The Kier molecular flexibility index (Phi) is 4.86. The van der Waals surface area contributed by atoms with Crippen molar-refractivity contribution in [2.24, 2.45) is 17.8 Å². The van der Waals surface area contributed by atoms with E-state index in [0.29, 0.717) is 10.2 Å². The zero-order chi connectivity index (χ0) is 18.3. The number of hydrogen-bond donors (Lipinski definition) is 2. The van der Waals surface area contributed by atoms with Crippen molar-refractivity contribution >= 4 is 35.3 Å². The van der Waals surface area contributed by atoms with Crippen molar-refractivity contribution in [3.63, 3.8) is 0 Å². The highest BCUT2D eigenvalue weighted by Gasteiger charge is 2.51. The fraction of sp³-hybridized carbons (Fsp3) is 0.667. The van der Waals surface area contributed by atoms with Gasteiger partial charge in [-0.1, -0.05) is 23.4 Å². The second-order valence-corrected chi connectivity index (χ2v) is 9.84. The summed E-state index contributed by atoms with van der Waals surface area (Å²) in [6, 6.07) is 2.96. The fourth-order valence-corrected chi connectivity index (χ4v) is 6.21. The first-order valence-electron chi connectivity index (χ1n) is 9.20. The van der Waals surface area contributed by atoms with Crippen LogP contribution in [0.5, 0.6) is 0 Å². The van der Waals surface area contributed by atoms with Gasteiger partial charge in [0.05, 0.1) is 5.25 Å². The highest BCUT2D eigenvalue weighted by Crippen LogP contribution is 2.55. The highest BCUT2D eigenvalue weighted by atomic mass is 35.5.